The molecule has 0 aromatic heterocycles. The van der Waals surface area contributed by atoms with E-state index in [1.54, 1.807) is 19.1 Å². The molecule has 1 fully saturated rings. The Balaban J connectivity index is 1.67. The number of hydrogen-bond donors (Lipinski definition) is 3. The lowest BCUT2D eigenvalue weighted by atomic mass is 10.0. The van der Waals surface area contributed by atoms with Crippen LogP contribution in [0.2, 0.25) is 0 Å². The van der Waals surface area contributed by atoms with Crippen LogP contribution in [-0.4, -0.2) is 53.0 Å². The molecule has 1 aliphatic carbocycles. The number of aliphatic hydroxyl groups is 1. The molecular weight excluding hydrogens is 420 g/mol. The van der Waals surface area contributed by atoms with Gasteiger partial charge in [0.15, 0.2) is 5.11 Å². The fourth-order valence-corrected chi connectivity index (χ4v) is 4.07. The quantitative estimate of drug-likeness (QED) is 0.214. The second-order valence-corrected chi connectivity index (χ2v) is 8.17. The number of esters is 1. The van der Waals surface area contributed by atoms with Gasteiger partial charge in [0.05, 0.1) is 29.8 Å². The van der Waals surface area contributed by atoms with E-state index in [0.29, 0.717) is 29.0 Å². The fraction of sp³-hybridized carbons (Fsp3) is 0.524. The highest BCUT2D eigenvalue weighted by atomic mass is 32.1. The minimum atomic E-state index is -0.631. The van der Waals surface area contributed by atoms with E-state index in [1.807, 2.05) is 6.07 Å². The lowest BCUT2D eigenvalue weighted by Crippen LogP contribution is -2.51. The third-order valence-electron chi connectivity index (χ3n) is 5.38. The minimum absolute atomic E-state index is 0.0655. The largest absolute Gasteiger partial charge is 0.462 e. The summed E-state index contributed by atoms with van der Waals surface area (Å²) in [7, 11) is 0. The highest BCUT2D eigenvalue weighted by molar-refractivity contribution is 7.80. The smallest absolute Gasteiger partial charge is 0.337 e. The van der Waals surface area contributed by atoms with E-state index in [-0.39, 0.29) is 29.4 Å². The van der Waals surface area contributed by atoms with E-state index in [4.69, 9.17) is 17.0 Å². The van der Waals surface area contributed by atoms with Gasteiger partial charge in [0.1, 0.15) is 5.69 Å². The predicted octanol–water partition coefficient (Wildman–Crippen LogP) is 2.17. The maximum Gasteiger partial charge on any atom is 0.337 e. The number of anilines is 1. The molecule has 0 amide bonds. The number of hydrogen-bond acceptors (Lipinski definition) is 7. The zero-order chi connectivity index (χ0) is 22.5. The van der Waals surface area contributed by atoms with Crippen molar-refractivity contribution >= 4 is 34.7 Å². The molecule has 168 valence electrons. The summed E-state index contributed by atoms with van der Waals surface area (Å²) < 4.78 is 5.38. The van der Waals surface area contributed by atoms with Gasteiger partial charge in [0.25, 0.3) is 5.69 Å². The van der Waals surface area contributed by atoms with Gasteiger partial charge in [-0.2, -0.15) is 0 Å². The average Bonchev–Trinajstić information content (AvgIpc) is 3.56. The van der Waals surface area contributed by atoms with Crippen LogP contribution in [0.5, 0.6) is 0 Å². The van der Waals surface area contributed by atoms with Crippen molar-refractivity contribution in [1.29, 1.82) is 0 Å². The monoisotopic (exact) mass is 448 g/mol. The number of ether oxygens (including phenoxy) is 1. The lowest BCUT2D eigenvalue weighted by molar-refractivity contribution is -0.384. The average molecular weight is 449 g/mol. The molecule has 0 spiro atoms. The predicted molar refractivity (Wildman–Crippen MR) is 121 cm³/mol. The van der Waals surface area contributed by atoms with E-state index in [0.717, 1.165) is 31.4 Å². The van der Waals surface area contributed by atoms with Crippen molar-refractivity contribution < 1.29 is 19.6 Å². The molecule has 1 aromatic rings. The van der Waals surface area contributed by atoms with Gasteiger partial charge in [-0.25, -0.2) is 4.79 Å². The van der Waals surface area contributed by atoms with Crippen LogP contribution in [0.25, 0.3) is 0 Å². The third kappa shape index (κ3) is 5.50. The van der Waals surface area contributed by atoms with Crippen LogP contribution in [0.1, 0.15) is 38.7 Å². The van der Waals surface area contributed by atoms with Gasteiger partial charge in [-0.1, -0.05) is 13.0 Å². The second kappa shape index (κ2) is 10.1. The Hall–Kier alpha value is -2.72. The Labute approximate surface area is 186 Å². The summed E-state index contributed by atoms with van der Waals surface area (Å²) in [6, 6.07) is 4.97. The minimum Gasteiger partial charge on any atom is -0.462 e. The van der Waals surface area contributed by atoms with Crippen molar-refractivity contribution in [2.24, 2.45) is 0 Å². The molecule has 3 rings (SSSR count). The standard InChI is InChI=1S/C21H28N4O5S/c1-3-9-24(15-5-6-15)17-7-4-14(11-18(17)25(28)29)8-10-30-20(27)19-13(2)22-21(31)23-16(19)12-26/h4,7,11,15-16,26H,3,5-6,8-10,12H2,1-2H3,(H2,22,23,31). The fourth-order valence-electron chi connectivity index (χ4n) is 3.78. The van der Waals surface area contributed by atoms with Crippen LogP contribution in [0.4, 0.5) is 11.4 Å². The first kappa shape index (κ1) is 23.0. The number of rotatable bonds is 10. The van der Waals surface area contributed by atoms with Crippen molar-refractivity contribution in [2.45, 2.75) is 51.6 Å². The highest BCUT2D eigenvalue weighted by Gasteiger charge is 2.33. The lowest BCUT2D eigenvalue weighted by Gasteiger charge is -2.28. The van der Waals surface area contributed by atoms with Crippen LogP contribution < -0.4 is 15.5 Å². The van der Waals surface area contributed by atoms with E-state index in [1.165, 1.54) is 0 Å². The van der Waals surface area contributed by atoms with Gasteiger partial charge in [-0.3, -0.25) is 10.1 Å². The molecule has 10 heteroatoms. The summed E-state index contributed by atoms with van der Waals surface area (Å²) in [6.45, 7) is 4.31. The Morgan fingerprint density at radius 1 is 1.42 bits per heavy atom. The zero-order valence-corrected chi connectivity index (χ0v) is 18.5. The Kier molecular flexibility index (Phi) is 7.45. The number of nitro groups is 1. The number of carbonyl (C=O) groups is 1. The number of nitro benzene ring substituents is 1. The van der Waals surface area contributed by atoms with Crippen LogP contribution in [-0.2, 0) is 16.0 Å². The number of benzene rings is 1. The van der Waals surface area contributed by atoms with Crippen molar-refractivity contribution in [3.63, 3.8) is 0 Å². The van der Waals surface area contributed by atoms with Crippen LogP contribution in [0, 0.1) is 10.1 Å². The number of carbonyl (C=O) groups excluding carboxylic acids is 1. The third-order valence-corrected chi connectivity index (χ3v) is 5.60. The van der Waals surface area contributed by atoms with E-state index in [9.17, 15) is 20.0 Å². The van der Waals surface area contributed by atoms with E-state index >= 15 is 0 Å². The first-order chi connectivity index (χ1) is 14.8. The molecule has 0 bridgehead atoms. The first-order valence-electron chi connectivity index (χ1n) is 10.5. The Morgan fingerprint density at radius 3 is 2.77 bits per heavy atom. The molecule has 3 N–H and O–H groups in total. The number of nitrogens with zero attached hydrogens (tertiary/aromatic N) is 2. The molecule has 1 unspecified atom stereocenters. The van der Waals surface area contributed by atoms with Crippen molar-refractivity contribution in [2.75, 3.05) is 24.7 Å². The maximum absolute atomic E-state index is 12.5. The maximum atomic E-state index is 12.5. The molecule has 0 radical (unpaired) electrons. The molecule has 1 atom stereocenters. The van der Waals surface area contributed by atoms with E-state index < -0.39 is 12.0 Å². The second-order valence-electron chi connectivity index (χ2n) is 7.76. The van der Waals surface area contributed by atoms with E-state index in [2.05, 4.69) is 22.5 Å². The number of thiocarbonyl (C=S) groups is 1. The Bertz CT molecular complexity index is 900. The number of aliphatic hydroxyl groups excluding tert-OH is 1. The molecular formula is C21H28N4O5S. The van der Waals surface area contributed by atoms with Crippen LogP contribution in [0.3, 0.4) is 0 Å². The van der Waals surface area contributed by atoms with Crippen LogP contribution in [0.15, 0.2) is 29.5 Å². The summed E-state index contributed by atoms with van der Waals surface area (Å²) in [5.41, 5.74) is 2.27. The summed E-state index contributed by atoms with van der Waals surface area (Å²) in [4.78, 5) is 26.0. The van der Waals surface area contributed by atoms with Crippen LogP contribution >= 0.6 is 12.2 Å². The van der Waals surface area contributed by atoms with Gasteiger partial charge in [0, 0.05) is 30.8 Å². The molecule has 1 aromatic carbocycles. The number of nitrogens with one attached hydrogen (secondary N) is 2. The first-order valence-corrected chi connectivity index (χ1v) is 10.9. The van der Waals surface area contributed by atoms with Crippen molar-refractivity contribution in [1.82, 2.24) is 10.6 Å². The normalized spacial score (nSPS) is 18.3. The Morgan fingerprint density at radius 2 is 2.16 bits per heavy atom. The molecule has 1 aliphatic heterocycles. The molecule has 1 saturated carbocycles. The summed E-state index contributed by atoms with van der Waals surface area (Å²) in [6.07, 6.45) is 3.39. The summed E-state index contributed by atoms with van der Waals surface area (Å²) >= 11 is 5.04. The zero-order valence-electron chi connectivity index (χ0n) is 17.7. The molecule has 1 heterocycles. The topological polar surface area (TPSA) is 117 Å². The van der Waals surface area contributed by atoms with Gasteiger partial charge in [-0.15, -0.1) is 0 Å². The van der Waals surface area contributed by atoms with Gasteiger partial charge >= 0.3 is 5.97 Å². The summed E-state index contributed by atoms with van der Waals surface area (Å²) in [5, 5.41) is 27.2. The highest BCUT2D eigenvalue weighted by Crippen LogP contribution is 2.37. The number of allylic oxidation sites excluding steroid dienone is 1. The molecule has 9 nitrogen and oxygen atoms in total. The van der Waals surface area contributed by atoms with Crippen molar-refractivity contribution in [3.05, 3.63) is 45.1 Å². The molecule has 0 saturated heterocycles. The molecule has 2 aliphatic rings. The SMILES string of the molecule is CCCN(c1ccc(CCOC(=O)C2=C(C)NC(=S)NC2CO)cc1[N+](=O)[O-])C1CC1. The summed E-state index contributed by atoms with van der Waals surface area (Å²) in [5.74, 6) is -0.562. The molecule has 31 heavy (non-hydrogen) atoms. The van der Waals surface area contributed by atoms with Gasteiger partial charge in [-0.05, 0) is 50.0 Å². The van der Waals surface area contributed by atoms with Gasteiger partial charge in [0.2, 0.25) is 0 Å². The van der Waals surface area contributed by atoms with Gasteiger partial charge < -0.3 is 25.4 Å². The van der Waals surface area contributed by atoms with Crippen molar-refractivity contribution in [3.8, 4) is 0 Å².